The molecule has 2 aliphatic rings. The van der Waals surface area contributed by atoms with Crippen molar-refractivity contribution in [3.63, 3.8) is 0 Å². The fraction of sp³-hybridized carbons (Fsp3) is 0.500. The minimum absolute atomic E-state index is 0.00845. The fourth-order valence-electron chi connectivity index (χ4n) is 4.31. The SMILES string of the molecule is CCc1noc(C(=O)[C@H](CC)NC(=O)C(NC2=NS(=O)(=O)c3ccccc32)C2CCCC2)n1. The summed E-state index contributed by atoms with van der Waals surface area (Å²) < 4.78 is 33.8. The average Bonchev–Trinajstić information content (AvgIpc) is 3.55. The number of fused-ring (bicyclic) bond motifs is 1. The van der Waals surface area contributed by atoms with Crippen LogP contribution in [0.4, 0.5) is 0 Å². The third-order valence-corrected chi connectivity index (χ3v) is 7.45. The van der Waals surface area contributed by atoms with Crippen LogP contribution in [0.2, 0.25) is 0 Å². The van der Waals surface area contributed by atoms with E-state index in [1.165, 1.54) is 6.07 Å². The van der Waals surface area contributed by atoms with Crippen molar-refractivity contribution in [3.8, 4) is 0 Å². The molecule has 2 aromatic rings. The highest BCUT2D eigenvalue weighted by atomic mass is 32.2. The van der Waals surface area contributed by atoms with Gasteiger partial charge in [-0.15, -0.1) is 4.40 Å². The number of Topliss-reactive ketones (excluding diaryl/α,β-unsaturated/α-hetero) is 1. The highest BCUT2D eigenvalue weighted by molar-refractivity contribution is 7.90. The van der Waals surface area contributed by atoms with Gasteiger partial charge < -0.3 is 15.2 Å². The molecule has 33 heavy (non-hydrogen) atoms. The van der Waals surface area contributed by atoms with E-state index in [0.29, 0.717) is 24.2 Å². The van der Waals surface area contributed by atoms with Crippen LogP contribution in [0.15, 0.2) is 38.1 Å². The molecule has 0 saturated heterocycles. The molecule has 1 aromatic heterocycles. The second-order valence-corrected chi connectivity index (χ2v) is 9.85. The Bertz CT molecular complexity index is 1180. The molecule has 1 aliphatic carbocycles. The van der Waals surface area contributed by atoms with Gasteiger partial charge in [-0.25, -0.2) is 0 Å². The highest BCUT2D eigenvalue weighted by Crippen LogP contribution is 2.30. The zero-order chi connectivity index (χ0) is 23.6. The number of ketones is 1. The molecule has 1 saturated carbocycles. The van der Waals surface area contributed by atoms with Crippen molar-refractivity contribution in [2.45, 2.75) is 69.4 Å². The number of hydrogen-bond donors (Lipinski definition) is 2. The second-order valence-electron chi connectivity index (χ2n) is 8.28. The molecule has 10 nitrogen and oxygen atoms in total. The number of amides is 1. The minimum Gasteiger partial charge on any atom is -0.357 e. The van der Waals surface area contributed by atoms with Gasteiger partial charge in [0.1, 0.15) is 16.8 Å². The maximum absolute atomic E-state index is 13.4. The van der Waals surface area contributed by atoms with E-state index < -0.39 is 27.9 Å². The smallest absolute Gasteiger partial charge is 0.296 e. The quantitative estimate of drug-likeness (QED) is 0.554. The number of amidine groups is 1. The first-order chi connectivity index (χ1) is 15.8. The van der Waals surface area contributed by atoms with E-state index in [1.807, 2.05) is 6.92 Å². The monoisotopic (exact) mass is 473 g/mol. The van der Waals surface area contributed by atoms with Crippen molar-refractivity contribution in [2.24, 2.45) is 10.3 Å². The molecule has 2 atom stereocenters. The third kappa shape index (κ3) is 4.68. The molecule has 0 radical (unpaired) electrons. The van der Waals surface area contributed by atoms with Gasteiger partial charge in [-0.1, -0.05) is 44.0 Å². The summed E-state index contributed by atoms with van der Waals surface area (Å²) in [6.45, 7) is 3.63. The first kappa shape index (κ1) is 23.1. The molecule has 1 fully saturated rings. The number of aryl methyl sites for hydroxylation is 1. The summed E-state index contributed by atoms with van der Waals surface area (Å²) in [7, 11) is -3.82. The highest BCUT2D eigenvalue weighted by Gasteiger charge is 2.37. The van der Waals surface area contributed by atoms with Gasteiger partial charge in [-0.05, 0) is 37.3 Å². The number of rotatable bonds is 8. The van der Waals surface area contributed by atoms with Crippen molar-refractivity contribution in [1.82, 2.24) is 20.8 Å². The van der Waals surface area contributed by atoms with E-state index in [2.05, 4.69) is 25.2 Å². The molecule has 0 spiro atoms. The van der Waals surface area contributed by atoms with Crippen molar-refractivity contribution < 1.29 is 22.5 Å². The van der Waals surface area contributed by atoms with Crippen molar-refractivity contribution in [3.05, 3.63) is 41.5 Å². The fourth-order valence-corrected chi connectivity index (χ4v) is 5.49. The van der Waals surface area contributed by atoms with Gasteiger partial charge in [0.15, 0.2) is 5.82 Å². The summed E-state index contributed by atoms with van der Waals surface area (Å²) in [5.74, 6) is -0.405. The predicted molar refractivity (Wildman–Crippen MR) is 119 cm³/mol. The van der Waals surface area contributed by atoms with Crippen LogP contribution in [-0.2, 0) is 21.2 Å². The van der Waals surface area contributed by atoms with Gasteiger partial charge >= 0.3 is 0 Å². The van der Waals surface area contributed by atoms with E-state index >= 15 is 0 Å². The molecule has 2 N–H and O–H groups in total. The Morgan fingerprint density at radius 3 is 2.58 bits per heavy atom. The van der Waals surface area contributed by atoms with Gasteiger partial charge in [0.2, 0.25) is 11.7 Å². The summed E-state index contributed by atoms with van der Waals surface area (Å²) in [5.41, 5.74) is 0.439. The van der Waals surface area contributed by atoms with Crippen LogP contribution in [0.25, 0.3) is 0 Å². The number of carbonyl (C=O) groups excluding carboxylic acids is 2. The summed E-state index contributed by atoms with van der Waals surface area (Å²) >= 11 is 0. The molecule has 4 rings (SSSR count). The number of hydrogen-bond acceptors (Lipinski definition) is 8. The Kier molecular flexibility index (Phi) is 6.59. The largest absolute Gasteiger partial charge is 0.357 e. The lowest BCUT2D eigenvalue weighted by Crippen LogP contribution is -2.54. The molecule has 1 amide bonds. The average molecular weight is 474 g/mol. The molecule has 11 heteroatoms. The minimum atomic E-state index is -3.82. The number of nitrogens with one attached hydrogen (secondary N) is 2. The Hall–Kier alpha value is -3.08. The maximum Gasteiger partial charge on any atom is 0.296 e. The van der Waals surface area contributed by atoms with Crippen LogP contribution >= 0.6 is 0 Å². The van der Waals surface area contributed by atoms with E-state index in [1.54, 1.807) is 25.1 Å². The van der Waals surface area contributed by atoms with Crippen LogP contribution in [0, 0.1) is 5.92 Å². The molecule has 1 aromatic carbocycles. The van der Waals surface area contributed by atoms with Crippen molar-refractivity contribution in [1.29, 1.82) is 0 Å². The molecular weight excluding hydrogens is 446 g/mol. The lowest BCUT2D eigenvalue weighted by atomic mass is 9.96. The van der Waals surface area contributed by atoms with Crippen molar-refractivity contribution >= 4 is 27.5 Å². The van der Waals surface area contributed by atoms with Gasteiger partial charge in [-0.3, -0.25) is 9.59 Å². The predicted octanol–water partition coefficient (Wildman–Crippen LogP) is 2.01. The standard InChI is InChI=1S/C22H27N5O5S/c1-3-15(19(28)22-24-17(4-2)26-32-22)23-21(29)18(13-9-5-6-10-13)25-20-14-11-7-8-12-16(14)33(30,31)27-20/h7-8,11-13,15,18H,3-6,9-10H2,1-2H3,(H,23,29)(H,25,27)/t15-,18?/m0/s1. The number of aromatic nitrogens is 2. The normalized spacial score (nSPS) is 18.9. The molecule has 2 heterocycles. The van der Waals surface area contributed by atoms with Crippen LogP contribution in [0.1, 0.15) is 68.0 Å². The van der Waals surface area contributed by atoms with Crippen LogP contribution in [0.5, 0.6) is 0 Å². The van der Waals surface area contributed by atoms with Crippen LogP contribution in [-0.4, -0.2) is 48.2 Å². The lowest BCUT2D eigenvalue weighted by molar-refractivity contribution is -0.124. The molecule has 176 valence electrons. The number of sulfonamides is 1. The zero-order valence-corrected chi connectivity index (χ0v) is 19.4. The molecule has 1 aliphatic heterocycles. The Labute approximate surface area is 192 Å². The summed E-state index contributed by atoms with van der Waals surface area (Å²) in [6.07, 6.45) is 4.47. The number of nitrogens with zero attached hydrogens (tertiary/aromatic N) is 3. The van der Waals surface area contributed by atoms with Gasteiger partial charge in [-0.2, -0.15) is 13.4 Å². The molecular formula is C22H27N5O5S. The van der Waals surface area contributed by atoms with E-state index in [0.717, 1.165) is 25.7 Å². The van der Waals surface area contributed by atoms with E-state index in [4.69, 9.17) is 4.52 Å². The van der Waals surface area contributed by atoms with Crippen LogP contribution in [0.3, 0.4) is 0 Å². The number of benzene rings is 1. The Morgan fingerprint density at radius 2 is 1.91 bits per heavy atom. The Morgan fingerprint density at radius 1 is 1.18 bits per heavy atom. The first-order valence-corrected chi connectivity index (χ1v) is 12.7. The number of carbonyl (C=O) groups is 2. The zero-order valence-electron chi connectivity index (χ0n) is 18.6. The summed E-state index contributed by atoms with van der Waals surface area (Å²) in [4.78, 5) is 30.4. The van der Waals surface area contributed by atoms with Crippen LogP contribution < -0.4 is 10.6 Å². The molecule has 1 unspecified atom stereocenters. The first-order valence-electron chi connectivity index (χ1n) is 11.2. The van der Waals surface area contributed by atoms with E-state index in [-0.39, 0.29) is 28.4 Å². The third-order valence-electron chi connectivity index (χ3n) is 6.11. The van der Waals surface area contributed by atoms with E-state index in [9.17, 15) is 18.0 Å². The second kappa shape index (κ2) is 9.42. The molecule has 0 bridgehead atoms. The van der Waals surface area contributed by atoms with Crippen molar-refractivity contribution in [2.75, 3.05) is 0 Å². The Balaban J connectivity index is 1.56. The lowest BCUT2D eigenvalue weighted by Gasteiger charge is -2.26. The van der Waals surface area contributed by atoms with Gasteiger partial charge in [0.25, 0.3) is 15.9 Å². The van der Waals surface area contributed by atoms with Gasteiger partial charge in [0.05, 0.1) is 6.04 Å². The summed E-state index contributed by atoms with van der Waals surface area (Å²) in [6, 6.07) is 4.94. The maximum atomic E-state index is 13.4. The summed E-state index contributed by atoms with van der Waals surface area (Å²) in [5, 5.41) is 9.64. The topological polar surface area (TPSA) is 144 Å². The van der Waals surface area contributed by atoms with Gasteiger partial charge in [0, 0.05) is 12.0 Å².